The minimum atomic E-state index is 0. The molecule has 0 atom stereocenters. The zero-order chi connectivity index (χ0) is 8.65. The maximum absolute atomic E-state index is 3.96. The topological polar surface area (TPSA) is 24.9 Å². The van der Waals surface area contributed by atoms with E-state index in [2.05, 4.69) is 17.2 Å². The van der Waals surface area contributed by atoms with E-state index in [0.29, 0.717) is 0 Å². The number of nitrogens with one attached hydrogen (secondary N) is 1. The van der Waals surface area contributed by atoms with Crippen molar-refractivity contribution in [2.75, 3.05) is 6.54 Å². The second kappa shape index (κ2) is 8.02. The summed E-state index contributed by atoms with van der Waals surface area (Å²) in [5, 5.41) is 3.37. The van der Waals surface area contributed by atoms with Crippen LogP contribution in [0.3, 0.4) is 0 Å². The van der Waals surface area contributed by atoms with Gasteiger partial charge in [0.15, 0.2) is 0 Å². The Labute approximate surface area is 86.2 Å². The lowest BCUT2D eigenvalue weighted by molar-refractivity contribution is 0.641. The highest BCUT2D eigenvalue weighted by atomic mass is 35.5. The van der Waals surface area contributed by atoms with Crippen LogP contribution in [0.4, 0.5) is 0 Å². The van der Waals surface area contributed by atoms with E-state index in [9.17, 15) is 0 Å². The lowest BCUT2D eigenvalue weighted by Crippen LogP contribution is -2.14. The molecule has 0 saturated heterocycles. The van der Waals surface area contributed by atoms with Crippen molar-refractivity contribution in [3.05, 3.63) is 30.1 Å². The van der Waals surface area contributed by atoms with Gasteiger partial charge in [0.1, 0.15) is 0 Å². The first-order valence-electron chi connectivity index (χ1n) is 4.53. The second-order valence-corrected chi connectivity index (χ2v) is 2.89. The minimum Gasteiger partial charge on any atom is -0.313 e. The average Bonchev–Trinajstić information content (AvgIpc) is 2.14. The van der Waals surface area contributed by atoms with Gasteiger partial charge in [0.25, 0.3) is 0 Å². The van der Waals surface area contributed by atoms with Crippen molar-refractivity contribution in [1.29, 1.82) is 0 Å². The van der Waals surface area contributed by atoms with Crippen LogP contribution in [0.15, 0.2) is 24.5 Å². The summed E-state index contributed by atoms with van der Waals surface area (Å²) in [6.45, 7) is 4.27. The number of halogens is 1. The number of aromatic nitrogens is 1. The molecule has 0 aliphatic heterocycles. The molecule has 0 aromatic carbocycles. The summed E-state index contributed by atoms with van der Waals surface area (Å²) in [5.74, 6) is 0. The van der Waals surface area contributed by atoms with Gasteiger partial charge in [-0.25, -0.2) is 0 Å². The number of nitrogens with zero attached hydrogens (tertiary/aromatic N) is 1. The summed E-state index contributed by atoms with van der Waals surface area (Å²) in [5.41, 5.74) is 1.31. The molecule has 0 radical (unpaired) electrons. The molecule has 0 spiro atoms. The van der Waals surface area contributed by atoms with Gasteiger partial charge in [-0.2, -0.15) is 0 Å². The van der Waals surface area contributed by atoms with E-state index >= 15 is 0 Å². The quantitative estimate of drug-likeness (QED) is 0.739. The molecular weight excluding hydrogens is 184 g/mol. The Kier molecular flexibility index (Phi) is 7.65. The fourth-order valence-corrected chi connectivity index (χ4v) is 1.04. The lowest BCUT2D eigenvalue weighted by Gasteiger charge is -2.02. The van der Waals surface area contributed by atoms with Crippen molar-refractivity contribution >= 4 is 12.4 Å². The zero-order valence-electron chi connectivity index (χ0n) is 7.99. The minimum absolute atomic E-state index is 0. The summed E-state index contributed by atoms with van der Waals surface area (Å²) >= 11 is 0. The molecule has 1 N–H and O–H groups in total. The van der Waals surface area contributed by atoms with Gasteiger partial charge in [0.05, 0.1) is 0 Å². The SMILES string of the molecule is CCCCNCc1ccncc1.Cl. The summed E-state index contributed by atoms with van der Waals surface area (Å²) in [4.78, 5) is 3.96. The molecule has 1 aromatic rings. The van der Waals surface area contributed by atoms with Crippen LogP contribution in [-0.4, -0.2) is 11.5 Å². The number of hydrogen-bond acceptors (Lipinski definition) is 2. The highest BCUT2D eigenvalue weighted by molar-refractivity contribution is 5.85. The Hall–Kier alpha value is -0.600. The normalized spacial score (nSPS) is 9.31. The van der Waals surface area contributed by atoms with Gasteiger partial charge in [-0.3, -0.25) is 4.98 Å². The molecule has 1 aromatic heterocycles. The monoisotopic (exact) mass is 200 g/mol. The third-order valence-electron chi connectivity index (χ3n) is 1.79. The van der Waals surface area contributed by atoms with Crippen LogP contribution in [-0.2, 0) is 6.54 Å². The predicted molar refractivity (Wildman–Crippen MR) is 58.1 cm³/mol. The Morgan fingerprint density at radius 1 is 1.31 bits per heavy atom. The number of pyridine rings is 1. The van der Waals surface area contributed by atoms with Crippen molar-refractivity contribution in [1.82, 2.24) is 10.3 Å². The fraction of sp³-hybridized carbons (Fsp3) is 0.500. The molecule has 13 heavy (non-hydrogen) atoms. The zero-order valence-corrected chi connectivity index (χ0v) is 8.81. The van der Waals surface area contributed by atoms with Gasteiger partial charge in [0, 0.05) is 18.9 Å². The van der Waals surface area contributed by atoms with Crippen molar-refractivity contribution < 1.29 is 0 Å². The first kappa shape index (κ1) is 12.4. The molecule has 0 unspecified atom stereocenters. The highest BCUT2D eigenvalue weighted by Crippen LogP contribution is 1.94. The molecule has 3 heteroatoms. The smallest absolute Gasteiger partial charge is 0.0271 e. The molecule has 0 aliphatic carbocycles. The summed E-state index contributed by atoms with van der Waals surface area (Å²) in [6.07, 6.45) is 6.17. The summed E-state index contributed by atoms with van der Waals surface area (Å²) < 4.78 is 0. The van der Waals surface area contributed by atoms with E-state index < -0.39 is 0 Å². The van der Waals surface area contributed by atoms with Crippen LogP contribution in [0.25, 0.3) is 0 Å². The van der Waals surface area contributed by atoms with E-state index in [1.165, 1.54) is 18.4 Å². The molecule has 0 fully saturated rings. The highest BCUT2D eigenvalue weighted by Gasteiger charge is 1.89. The van der Waals surface area contributed by atoms with Gasteiger partial charge in [-0.05, 0) is 30.7 Å². The molecule has 74 valence electrons. The number of hydrogen-bond donors (Lipinski definition) is 1. The van der Waals surface area contributed by atoms with Crippen LogP contribution in [0.2, 0.25) is 0 Å². The maximum atomic E-state index is 3.96. The van der Waals surface area contributed by atoms with Crippen LogP contribution in [0.5, 0.6) is 0 Å². The Morgan fingerprint density at radius 2 is 2.00 bits per heavy atom. The summed E-state index contributed by atoms with van der Waals surface area (Å²) in [7, 11) is 0. The fourth-order valence-electron chi connectivity index (χ4n) is 1.04. The lowest BCUT2D eigenvalue weighted by atomic mass is 10.2. The van der Waals surface area contributed by atoms with Crippen LogP contribution >= 0.6 is 12.4 Å². The molecule has 0 aliphatic rings. The van der Waals surface area contributed by atoms with E-state index in [-0.39, 0.29) is 12.4 Å². The Bertz CT molecular complexity index is 201. The van der Waals surface area contributed by atoms with Gasteiger partial charge in [0.2, 0.25) is 0 Å². The van der Waals surface area contributed by atoms with E-state index in [1.54, 1.807) is 0 Å². The second-order valence-electron chi connectivity index (χ2n) is 2.89. The standard InChI is InChI=1S/C10H16N2.ClH/c1-2-3-6-12-9-10-4-7-11-8-5-10;/h4-5,7-8,12H,2-3,6,9H2,1H3;1H. The van der Waals surface area contributed by atoms with Crippen LogP contribution in [0, 0.1) is 0 Å². The van der Waals surface area contributed by atoms with Gasteiger partial charge in [-0.15, -0.1) is 12.4 Å². The first-order valence-corrected chi connectivity index (χ1v) is 4.53. The van der Waals surface area contributed by atoms with Crippen LogP contribution < -0.4 is 5.32 Å². The third-order valence-corrected chi connectivity index (χ3v) is 1.79. The largest absolute Gasteiger partial charge is 0.313 e. The summed E-state index contributed by atoms with van der Waals surface area (Å²) in [6, 6.07) is 4.08. The van der Waals surface area contributed by atoms with Crippen LogP contribution in [0.1, 0.15) is 25.3 Å². The number of rotatable bonds is 5. The molecule has 0 amide bonds. The molecule has 2 nitrogen and oxygen atoms in total. The molecule has 1 rings (SSSR count). The van der Waals surface area contributed by atoms with E-state index in [0.717, 1.165) is 13.1 Å². The first-order chi connectivity index (χ1) is 5.93. The molecule has 1 heterocycles. The maximum Gasteiger partial charge on any atom is 0.0271 e. The molecule has 0 bridgehead atoms. The van der Waals surface area contributed by atoms with Crippen molar-refractivity contribution in [3.8, 4) is 0 Å². The van der Waals surface area contributed by atoms with E-state index in [4.69, 9.17) is 0 Å². The molecular formula is C10H17ClN2. The predicted octanol–water partition coefficient (Wildman–Crippen LogP) is 2.39. The van der Waals surface area contributed by atoms with Crippen molar-refractivity contribution in [2.24, 2.45) is 0 Å². The molecule has 0 saturated carbocycles. The van der Waals surface area contributed by atoms with Crippen molar-refractivity contribution in [3.63, 3.8) is 0 Å². The van der Waals surface area contributed by atoms with Gasteiger partial charge in [-0.1, -0.05) is 13.3 Å². The Morgan fingerprint density at radius 3 is 2.62 bits per heavy atom. The number of unbranched alkanes of at least 4 members (excludes halogenated alkanes) is 1. The Balaban J connectivity index is 0.00000144. The third kappa shape index (κ3) is 5.61. The van der Waals surface area contributed by atoms with Gasteiger partial charge < -0.3 is 5.32 Å². The van der Waals surface area contributed by atoms with Crippen molar-refractivity contribution in [2.45, 2.75) is 26.3 Å². The van der Waals surface area contributed by atoms with E-state index in [1.807, 2.05) is 24.5 Å². The van der Waals surface area contributed by atoms with Gasteiger partial charge >= 0.3 is 0 Å². The average molecular weight is 201 g/mol.